The van der Waals surface area contributed by atoms with Crippen molar-refractivity contribution >= 4 is 17.3 Å². The number of amides is 1. The van der Waals surface area contributed by atoms with Crippen LogP contribution in [0.25, 0.3) is 0 Å². The lowest BCUT2D eigenvalue weighted by Crippen LogP contribution is -2.31. The van der Waals surface area contributed by atoms with E-state index in [9.17, 15) is 18.0 Å². The van der Waals surface area contributed by atoms with Gasteiger partial charge in [-0.15, -0.1) is 0 Å². The number of anilines is 2. The van der Waals surface area contributed by atoms with Crippen LogP contribution in [0.2, 0.25) is 0 Å². The van der Waals surface area contributed by atoms with Gasteiger partial charge in [-0.05, 0) is 43.3 Å². The Bertz CT molecular complexity index is 761. The van der Waals surface area contributed by atoms with Crippen molar-refractivity contribution in [2.24, 2.45) is 0 Å². The third-order valence-corrected chi connectivity index (χ3v) is 3.64. The monoisotopic (exact) mass is 368 g/mol. The molecule has 0 aromatic heterocycles. The van der Waals surface area contributed by atoms with Gasteiger partial charge in [-0.3, -0.25) is 4.79 Å². The fourth-order valence-corrected chi connectivity index (χ4v) is 2.23. The van der Waals surface area contributed by atoms with Crippen LogP contribution in [0, 0.1) is 0 Å². The Balaban J connectivity index is 2.01. The Hall–Kier alpha value is -2.90. The number of hydrogen-bond donors (Lipinski definition) is 2. The lowest BCUT2D eigenvalue weighted by atomic mass is 10.2. The number of methoxy groups -OCH3 is 2. The van der Waals surface area contributed by atoms with Crippen LogP contribution in [-0.2, 0) is 11.0 Å². The van der Waals surface area contributed by atoms with E-state index in [1.54, 1.807) is 25.1 Å². The Labute approximate surface area is 149 Å². The molecule has 0 fully saturated rings. The van der Waals surface area contributed by atoms with Crippen LogP contribution in [0.1, 0.15) is 12.5 Å². The van der Waals surface area contributed by atoms with Gasteiger partial charge in [0.25, 0.3) is 0 Å². The fourth-order valence-electron chi connectivity index (χ4n) is 2.23. The van der Waals surface area contributed by atoms with Gasteiger partial charge in [0.2, 0.25) is 5.91 Å². The van der Waals surface area contributed by atoms with Crippen LogP contribution in [0.15, 0.2) is 42.5 Å². The van der Waals surface area contributed by atoms with E-state index >= 15 is 0 Å². The number of alkyl halides is 3. The lowest BCUT2D eigenvalue weighted by molar-refractivity contribution is -0.137. The maximum atomic E-state index is 12.6. The Morgan fingerprint density at radius 3 is 2.08 bits per heavy atom. The molecule has 2 N–H and O–H groups in total. The summed E-state index contributed by atoms with van der Waals surface area (Å²) >= 11 is 0. The summed E-state index contributed by atoms with van der Waals surface area (Å²) in [4.78, 5) is 12.2. The molecule has 1 amide bonds. The molecule has 1 atom stereocenters. The van der Waals surface area contributed by atoms with Crippen LogP contribution in [0.3, 0.4) is 0 Å². The van der Waals surface area contributed by atoms with Crippen molar-refractivity contribution in [3.63, 3.8) is 0 Å². The standard InChI is InChI=1S/C18H19F3N2O3/c1-11(22-14-8-9-15(25-2)16(10-14)26-3)17(24)23-13-6-4-12(5-7-13)18(19,20)21/h4-11,22H,1-3H3,(H,23,24). The summed E-state index contributed by atoms with van der Waals surface area (Å²) in [6, 6.07) is 8.74. The number of ether oxygens (including phenoxy) is 2. The smallest absolute Gasteiger partial charge is 0.416 e. The highest BCUT2D eigenvalue weighted by Crippen LogP contribution is 2.31. The Kier molecular flexibility index (Phi) is 5.97. The minimum absolute atomic E-state index is 0.281. The lowest BCUT2D eigenvalue weighted by Gasteiger charge is -2.17. The van der Waals surface area contributed by atoms with Gasteiger partial charge >= 0.3 is 6.18 Å². The van der Waals surface area contributed by atoms with E-state index < -0.39 is 17.8 Å². The van der Waals surface area contributed by atoms with E-state index in [0.29, 0.717) is 17.2 Å². The van der Waals surface area contributed by atoms with Crippen LogP contribution < -0.4 is 20.1 Å². The molecule has 0 saturated carbocycles. The van der Waals surface area contributed by atoms with Gasteiger partial charge in [0.05, 0.1) is 19.8 Å². The molecule has 8 heteroatoms. The summed E-state index contributed by atoms with van der Waals surface area (Å²) in [5.41, 5.74) is 0.147. The van der Waals surface area contributed by atoms with E-state index in [1.807, 2.05) is 0 Å². The summed E-state index contributed by atoms with van der Waals surface area (Å²) < 4.78 is 48.0. The van der Waals surface area contributed by atoms with Gasteiger partial charge in [0, 0.05) is 17.4 Å². The second-order valence-electron chi connectivity index (χ2n) is 5.50. The highest BCUT2D eigenvalue weighted by molar-refractivity contribution is 5.96. The predicted octanol–water partition coefficient (Wildman–Crippen LogP) is 4.16. The van der Waals surface area contributed by atoms with Crippen LogP contribution in [0.4, 0.5) is 24.5 Å². The zero-order chi connectivity index (χ0) is 19.3. The summed E-state index contributed by atoms with van der Waals surface area (Å²) in [5.74, 6) is 0.673. The normalized spacial score (nSPS) is 12.2. The van der Waals surface area contributed by atoms with E-state index in [1.165, 1.54) is 26.4 Å². The van der Waals surface area contributed by atoms with E-state index in [0.717, 1.165) is 12.1 Å². The first-order valence-electron chi connectivity index (χ1n) is 7.71. The minimum atomic E-state index is -4.41. The molecule has 1 unspecified atom stereocenters. The van der Waals surface area contributed by atoms with E-state index in [4.69, 9.17) is 9.47 Å². The Morgan fingerprint density at radius 1 is 0.962 bits per heavy atom. The van der Waals surface area contributed by atoms with Crippen molar-refractivity contribution in [3.05, 3.63) is 48.0 Å². The van der Waals surface area contributed by atoms with Crippen molar-refractivity contribution in [3.8, 4) is 11.5 Å². The first kappa shape index (κ1) is 19.4. The summed E-state index contributed by atoms with van der Waals surface area (Å²) in [7, 11) is 3.02. The van der Waals surface area contributed by atoms with Crippen molar-refractivity contribution in [2.45, 2.75) is 19.1 Å². The molecule has 0 bridgehead atoms. The second-order valence-corrected chi connectivity index (χ2v) is 5.50. The van der Waals surface area contributed by atoms with Gasteiger partial charge in [-0.2, -0.15) is 13.2 Å². The van der Waals surface area contributed by atoms with Gasteiger partial charge in [-0.25, -0.2) is 0 Å². The number of carbonyl (C=O) groups excluding carboxylic acids is 1. The summed E-state index contributed by atoms with van der Waals surface area (Å²) in [6.45, 7) is 1.64. The topological polar surface area (TPSA) is 59.6 Å². The van der Waals surface area contributed by atoms with Crippen molar-refractivity contribution in [1.82, 2.24) is 0 Å². The molecular formula is C18H19F3N2O3. The average molecular weight is 368 g/mol. The summed E-state index contributed by atoms with van der Waals surface area (Å²) in [5, 5.41) is 5.56. The SMILES string of the molecule is COc1ccc(NC(C)C(=O)Nc2ccc(C(F)(F)F)cc2)cc1OC. The van der Waals surface area contributed by atoms with Gasteiger partial charge < -0.3 is 20.1 Å². The third kappa shape index (κ3) is 4.81. The number of nitrogens with one attached hydrogen (secondary N) is 2. The molecule has 2 rings (SSSR count). The van der Waals surface area contributed by atoms with Crippen molar-refractivity contribution in [1.29, 1.82) is 0 Å². The van der Waals surface area contributed by atoms with Crippen LogP contribution in [0.5, 0.6) is 11.5 Å². The van der Waals surface area contributed by atoms with E-state index in [-0.39, 0.29) is 11.6 Å². The third-order valence-electron chi connectivity index (χ3n) is 3.64. The molecular weight excluding hydrogens is 349 g/mol. The number of halogens is 3. The zero-order valence-corrected chi connectivity index (χ0v) is 14.5. The molecule has 2 aromatic rings. The zero-order valence-electron chi connectivity index (χ0n) is 14.5. The van der Waals surface area contributed by atoms with Crippen molar-refractivity contribution < 1.29 is 27.4 Å². The van der Waals surface area contributed by atoms with Crippen LogP contribution in [-0.4, -0.2) is 26.2 Å². The predicted molar refractivity (Wildman–Crippen MR) is 92.7 cm³/mol. The molecule has 0 spiro atoms. The Morgan fingerprint density at radius 2 is 1.54 bits per heavy atom. The first-order chi connectivity index (χ1) is 12.2. The number of carbonyl (C=O) groups is 1. The van der Waals surface area contributed by atoms with Crippen LogP contribution >= 0.6 is 0 Å². The second kappa shape index (κ2) is 7.99. The molecule has 140 valence electrons. The molecule has 2 aromatic carbocycles. The first-order valence-corrected chi connectivity index (χ1v) is 7.71. The molecule has 0 aliphatic heterocycles. The molecule has 0 aliphatic carbocycles. The molecule has 0 radical (unpaired) electrons. The maximum Gasteiger partial charge on any atom is 0.416 e. The minimum Gasteiger partial charge on any atom is -0.493 e. The number of rotatable bonds is 6. The van der Waals surface area contributed by atoms with E-state index in [2.05, 4.69) is 10.6 Å². The average Bonchev–Trinajstić information content (AvgIpc) is 2.61. The highest BCUT2D eigenvalue weighted by Gasteiger charge is 2.30. The number of hydrogen-bond acceptors (Lipinski definition) is 4. The molecule has 0 heterocycles. The quantitative estimate of drug-likeness (QED) is 0.804. The van der Waals surface area contributed by atoms with Crippen molar-refractivity contribution in [2.75, 3.05) is 24.9 Å². The molecule has 0 aliphatic rings. The molecule has 26 heavy (non-hydrogen) atoms. The number of benzene rings is 2. The largest absolute Gasteiger partial charge is 0.493 e. The maximum absolute atomic E-state index is 12.6. The van der Waals surface area contributed by atoms with Gasteiger partial charge in [-0.1, -0.05) is 0 Å². The van der Waals surface area contributed by atoms with Gasteiger partial charge in [0.1, 0.15) is 6.04 Å². The molecule has 5 nitrogen and oxygen atoms in total. The fraction of sp³-hybridized carbons (Fsp3) is 0.278. The highest BCUT2D eigenvalue weighted by atomic mass is 19.4. The molecule has 0 saturated heterocycles. The van der Waals surface area contributed by atoms with Gasteiger partial charge in [0.15, 0.2) is 11.5 Å². The summed E-state index contributed by atoms with van der Waals surface area (Å²) in [6.07, 6.45) is -4.41.